The lowest BCUT2D eigenvalue weighted by Gasteiger charge is -1.99. The van der Waals surface area contributed by atoms with Crippen LogP contribution in [-0.4, -0.2) is 13.1 Å². The summed E-state index contributed by atoms with van der Waals surface area (Å²) in [5.41, 5.74) is 0. The van der Waals surface area contributed by atoms with Gasteiger partial charge in [0.15, 0.2) is 0 Å². The van der Waals surface area contributed by atoms with Crippen molar-refractivity contribution in [2.75, 3.05) is 13.1 Å². The first kappa shape index (κ1) is 10.8. The summed E-state index contributed by atoms with van der Waals surface area (Å²) in [7, 11) is 0. The summed E-state index contributed by atoms with van der Waals surface area (Å²) in [6.07, 6.45) is 12.9. The topological polar surface area (TPSA) is 12.0 Å². The van der Waals surface area contributed by atoms with Crippen molar-refractivity contribution in [2.45, 2.75) is 45.4 Å². The van der Waals surface area contributed by atoms with Crippen LogP contribution in [0.15, 0.2) is 12.2 Å². The summed E-state index contributed by atoms with van der Waals surface area (Å²) in [6.45, 7) is 4.68. The Morgan fingerprint density at radius 3 is 2.92 bits per heavy atom. The van der Waals surface area contributed by atoms with Gasteiger partial charge >= 0.3 is 0 Å². The van der Waals surface area contributed by atoms with Gasteiger partial charge in [-0.25, -0.2) is 0 Å². The highest BCUT2D eigenvalue weighted by atomic mass is 14.9. The Morgan fingerprint density at radius 1 is 1.31 bits per heavy atom. The molecule has 0 spiro atoms. The molecule has 1 rings (SSSR count). The van der Waals surface area contributed by atoms with Gasteiger partial charge in [-0.05, 0) is 31.7 Å². The van der Waals surface area contributed by atoms with Crippen LogP contribution in [0.25, 0.3) is 0 Å². The summed E-state index contributed by atoms with van der Waals surface area (Å²) in [6, 6.07) is 0. The van der Waals surface area contributed by atoms with Crippen molar-refractivity contribution in [3.8, 4) is 0 Å². The Hall–Kier alpha value is -0.300. The number of rotatable bonds is 6. The molecule has 0 aliphatic carbocycles. The van der Waals surface area contributed by atoms with Gasteiger partial charge in [-0.15, -0.1) is 0 Å². The van der Waals surface area contributed by atoms with Gasteiger partial charge in [0.2, 0.25) is 0 Å². The van der Waals surface area contributed by atoms with Gasteiger partial charge in [-0.3, -0.25) is 0 Å². The number of unbranched alkanes of at least 4 members (excludes halogenated alkanes) is 4. The van der Waals surface area contributed by atoms with Crippen LogP contribution in [0.2, 0.25) is 0 Å². The van der Waals surface area contributed by atoms with Gasteiger partial charge in [0, 0.05) is 6.54 Å². The molecule has 1 aliphatic rings. The molecule has 1 fully saturated rings. The first-order chi connectivity index (χ1) is 6.43. The van der Waals surface area contributed by atoms with E-state index in [0.29, 0.717) is 0 Å². The van der Waals surface area contributed by atoms with Crippen molar-refractivity contribution in [2.24, 2.45) is 5.92 Å². The van der Waals surface area contributed by atoms with Crippen LogP contribution >= 0.6 is 0 Å². The van der Waals surface area contributed by atoms with Crippen molar-refractivity contribution in [1.29, 1.82) is 0 Å². The van der Waals surface area contributed by atoms with E-state index in [-0.39, 0.29) is 0 Å². The first-order valence-corrected chi connectivity index (χ1v) is 5.81. The monoisotopic (exact) mass is 181 g/mol. The van der Waals surface area contributed by atoms with Crippen molar-refractivity contribution in [3.05, 3.63) is 12.2 Å². The molecule has 1 nitrogen and oxygen atoms in total. The Bertz CT molecular complexity index is 134. The second kappa shape index (κ2) is 7.14. The number of allylic oxidation sites excluding steroid dienone is 1. The highest BCUT2D eigenvalue weighted by molar-refractivity contribution is 4.92. The molecule has 1 heteroatoms. The smallest absolute Gasteiger partial charge is 0.00146 e. The lowest BCUT2D eigenvalue weighted by atomic mass is 10.1. The van der Waals surface area contributed by atoms with Crippen LogP contribution in [-0.2, 0) is 0 Å². The largest absolute Gasteiger partial charge is 0.316 e. The van der Waals surface area contributed by atoms with Gasteiger partial charge in [-0.2, -0.15) is 0 Å². The van der Waals surface area contributed by atoms with Gasteiger partial charge < -0.3 is 5.32 Å². The second-order valence-electron chi connectivity index (χ2n) is 4.03. The molecule has 0 aromatic carbocycles. The number of hydrogen-bond acceptors (Lipinski definition) is 1. The van der Waals surface area contributed by atoms with E-state index < -0.39 is 0 Å². The minimum atomic E-state index is 0.825. The van der Waals surface area contributed by atoms with E-state index >= 15 is 0 Å². The van der Waals surface area contributed by atoms with Gasteiger partial charge in [0.25, 0.3) is 0 Å². The van der Waals surface area contributed by atoms with Gasteiger partial charge in [0.05, 0.1) is 0 Å². The maximum Gasteiger partial charge on any atom is 0.00146 e. The second-order valence-corrected chi connectivity index (χ2v) is 4.03. The molecule has 1 atom stereocenters. The maximum atomic E-state index is 3.38. The quantitative estimate of drug-likeness (QED) is 0.490. The highest BCUT2D eigenvalue weighted by Gasteiger charge is 2.09. The van der Waals surface area contributed by atoms with E-state index in [1.54, 1.807) is 0 Å². The molecule has 0 radical (unpaired) electrons. The summed E-state index contributed by atoms with van der Waals surface area (Å²) >= 11 is 0. The molecule has 76 valence electrons. The third-order valence-electron chi connectivity index (χ3n) is 2.73. The van der Waals surface area contributed by atoms with E-state index in [2.05, 4.69) is 24.4 Å². The Kier molecular flexibility index (Phi) is 5.92. The fraction of sp³-hybridized carbons (Fsp3) is 0.833. The molecule has 1 unspecified atom stereocenters. The van der Waals surface area contributed by atoms with Gasteiger partial charge in [-0.1, -0.05) is 38.3 Å². The first-order valence-electron chi connectivity index (χ1n) is 5.81. The summed E-state index contributed by atoms with van der Waals surface area (Å²) in [4.78, 5) is 0. The summed E-state index contributed by atoms with van der Waals surface area (Å²) in [5.74, 6) is 0.825. The van der Waals surface area contributed by atoms with Crippen molar-refractivity contribution >= 4 is 0 Å². The van der Waals surface area contributed by atoms with Crippen LogP contribution in [0.5, 0.6) is 0 Å². The minimum absolute atomic E-state index is 0.825. The zero-order chi connectivity index (χ0) is 9.36. The summed E-state index contributed by atoms with van der Waals surface area (Å²) < 4.78 is 0. The number of hydrogen-bond donors (Lipinski definition) is 1. The molecule has 0 aromatic rings. The Balaban J connectivity index is 1.91. The molecule has 1 N–H and O–H groups in total. The van der Waals surface area contributed by atoms with E-state index in [4.69, 9.17) is 0 Å². The molecule has 0 amide bonds. The average molecular weight is 181 g/mol. The molecule has 1 heterocycles. The van der Waals surface area contributed by atoms with Crippen LogP contribution in [0, 0.1) is 5.92 Å². The van der Waals surface area contributed by atoms with Crippen molar-refractivity contribution in [1.82, 2.24) is 5.32 Å². The fourth-order valence-corrected chi connectivity index (χ4v) is 1.82. The Labute approximate surface area is 82.6 Å². The van der Waals surface area contributed by atoms with Crippen LogP contribution in [0.4, 0.5) is 0 Å². The molecular weight excluding hydrogens is 158 g/mol. The predicted molar refractivity (Wildman–Crippen MR) is 58.9 cm³/mol. The van der Waals surface area contributed by atoms with E-state index in [0.717, 1.165) is 5.92 Å². The lowest BCUT2D eigenvalue weighted by Crippen LogP contribution is -2.07. The normalized spacial score (nSPS) is 23.0. The summed E-state index contributed by atoms with van der Waals surface area (Å²) in [5, 5.41) is 3.38. The minimum Gasteiger partial charge on any atom is -0.316 e. The SMILES string of the molecule is CCCCCC/C=C/C1CCNC1. The molecule has 0 saturated carbocycles. The maximum absolute atomic E-state index is 3.38. The van der Waals surface area contributed by atoms with Crippen LogP contribution < -0.4 is 5.32 Å². The average Bonchev–Trinajstić information content (AvgIpc) is 2.63. The zero-order valence-corrected chi connectivity index (χ0v) is 8.89. The highest BCUT2D eigenvalue weighted by Crippen LogP contribution is 2.10. The van der Waals surface area contributed by atoms with E-state index in [1.165, 1.54) is 51.6 Å². The number of nitrogens with one attached hydrogen (secondary N) is 1. The molecule has 1 saturated heterocycles. The third-order valence-corrected chi connectivity index (χ3v) is 2.73. The molecule has 13 heavy (non-hydrogen) atoms. The zero-order valence-electron chi connectivity index (χ0n) is 8.89. The fourth-order valence-electron chi connectivity index (χ4n) is 1.82. The molecule has 0 aromatic heterocycles. The van der Waals surface area contributed by atoms with Crippen LogP contribution in [0.1, 0.15) is 45.4 Å². The Morgan fingerprint density at radius 2 is 2.23 bits per heavy atom. The van der Waals surface area contributed by atoms with Crippen molar-refractivity contribution in [3.63, 3.8) is 0 Å². The third kappa shape index (κ3) is 5.09. The molecule has 1 aliphatic heterocycles. The van der Waals surface area contributed by atoms with Crippen LogP contribution in [0.3, 0.4) is 0 Å². The standard InChI is InChI=1S/C12H23N/c1-2-3-4-5-6-7-8-12-9-10-13-11-12/h7-8,12-13H,2-6,9-11H2,1H3/b8-7+. The van der Waals surface area contributed by atoms with Gasteiger partial charge in [0.1, 0.15) is 0 Å². The van der Waals surface area contributed by atoms with Crippen molar-refractivity contribution < 1.29 is 0 Å². The molecule has 0 bridgehead atoms. The van der Waals surface area contributed by atoms with E-state index in [1.807, 2.05) is 0 Å². The lowest BCUT2D eigenvalue weighted by molar-refractivity contribution is 0.668. The van der Waals surface area contributed by atoms with E-state index in [9.17, 15) is 0 Å². The predicted octanol–water partition coefficient (Wildman–Crippen LogP) is 3.12. The molecular formula is C12H23N.